The summed E-state index contributed by atoms with van der Waals surface area (Å²) >= 11 is 0. The molecule has 0 atom stereocenters. The van der Waals surface area contributed by atoms with Gasteiger partial charge in [-0.25, -0.2) is 0 Å². The van der Waals surface area contributed by atoms with Crippen molar-refractivity contribution in [2.45, 2.75) is 58.0 Å². The average molecular weight is 374 g/mol. The van der Waals surface area contributed by atoms with E-state index in [1.54, 1.807) is 18.2 Å². The van der Waals surface area contributed by atoms with Crippen molar-refractivity contribution in [3.63, 3.8) is 0 Å². The number of Topliss-reactive ketones (excluding diaryl/α,β-unsaturated/α-hetero) is 1. The van der Waals surface area contributed by atoms with E-state index >= 15 is 0 Å². The number of hydrogen-bond acceptors (Lipinski definition) is 5. The predicted molar refractivity (Wildman–Crippen MR) is 103 cm³/mol. The Kier molecular flexibility index (Phi) is 6.72. The van der Waals surface area contributed by atoms with Crippen LogP contribution >= 0.6 is 0 Å². The van der Waals surface area contributed by atoms with Crippen LogP contribution in [0.5, 0.6) is 11.5 Å². The van der Waals surface area contributed by atoms with Crippen molar-refractivity contribution in [1.29, 1.82) is 0 Å². The number of carbonyl (C=O) groups excluding carboxylic acids is 2. The summed E-state index contributed by atoms with van der Waals surface area (Å²) in [5.41, 5.74) is 0.567. The molecule has 1 fully saturated rings. The lowest BCUT2D eigenvalue weighted by molar-refractivity contribution is -0.122. The molecule has 1 saturated heterocycles. The molecular formula is C21H30N2O4. The second-order valence-corrected chi connectivity index (χ2v) is 7.61. The van der Waals surface area contributed by atoms with Crippen molar-refractivity contribution < 1.29 is 19.1 Å². The fourth-order valence-electron chi connectivity index (χ4n) is 3.57. The number of benzene rings is 1. The van der Waals surface area contributed by atoms with Gasteiger partial charge in [-0.05, 0) is 44.9 Å². The van der Waals surface area contributed by atoms with Gasteiger partial charge >= 0.3 is 0 Å². The molecule has 0 radical (unpaired) electrons. The van der Waals surface area contributed by atoms with Gasteiger partial charge in [-0.15, -0.1) is 0 Å². The van der Waals surface area contributed by atoms with Gasteiger partial charge in [0.05, 0.1) is 13.2 Å². The molecule has 0 saturated carbocycles. The summed E-state index contributed by atoms with van der Waals surface area (Å²) in [7, 11) is 0. The van der Waals surface area contributed by atoms with Gasteiger partial charge in [0.25, 0.3) is 0 Å². The molecule has 0 bridgehead atoms. The third kappa shape index (κ3) is 5.45. The van der Waals surface area contributed by atoms with Gasteiger partial charge in [0.2, 0.25) is 5.91 Å². The maximum absolute atomic E-state index is 12.4. The molecule has 6 nitrogen and oxygen atoms in total. The number of ether oxygens (including phenoxy) is 2. The predicted octanol–water partition coefficient (Wildman–Crippen LogP) is 2.80. The molecule has 0 spiro atoms. The number of nitrogens with one attached hydrogen (secondary N) is 1. The smallest absolute Gasteiger partial charge is 0.220 e. The molecule has 0 aliphatic carbocycles. The molecule has 148 valence electrons. The van der Waals surface area contributed by atoms with Crippen molar-refractivity contribution in [1.82, 2.24) is 10.2 Å². The zero-order chi connectivity index (χ0) is 19.2. The van der Waals surface area contributed by atoms with Crippen LogP contribution in [0.25, 0.3) is 0 Å². The minimum Gasteiger partial charge on any atom is -0.490 e. The largest absolute Gasteiger partial charge is 0.490 e. The molecule has 6 heteroatoms. The Morgan fingerprint density at radius 3 is 2.52 bits per heavy atom. The Balaban J connectivity index is 1.45. The molecule has 0 aromatic heterocycles. The normalized spacial score (nSPS) is 18.2. The Morgan fingerprint density at radius 2 is 1.81 bits per heavy atom. The third-order valence-electron chi connectivity index (χ3n) is 5.27. The van der Waals surface area contributed by atoms with E-state index in [0.29, 0.717) is 36.3 Å². The molecular weight excluding hydrogens is 344 g/mol. The zero-order valence-electron chi connectivity index (χ0n) is 16.3. The van der Waals surface area contributed by atoms with E-state index in [2.05, 4.69) is 24.1 Å². The van der Waals surface area contributed by atoms with Gasteiger partial charge in [-0.3, -0.25) is 9.59 Å². The summed E-state index contributed by atoms with van der Waals surface area (Å²) in [5, 5.41) is 3.08. The minimum absolute atomic E-state index is 0.0410. The second-order valence-electron chi connectivity index (χ2n) is 7.61. The van der Waals surface area contributed by atoms with Crippen LogP contribution in [0.2, 0.25) is 0 Å². The summed E-state index contributed by atoms with van der Waals surface area (Å²) in [4.78, 5) is 27.1. The van der Waals surface area contributed by atoms with Gasteiger partial charge in [-0.2, -0.15) is 0 Å². The van der Waals surface area contributed by atoms with E-state index in [0.717, 1.165) is 32.4 Å². The number of nitrogens with zero attached hydrogens (tertiary/aromatic N) is 1. The monoisotopic (exact) mass is 374 g/mol. The lowest BCUT2D eigenvalue weighted by Gasteiger charge is -2.34. The molecule has 2 heterocycles. The Morgan fingerprint density at radius 1 is 1.11 bits per heavy atom. The topological polar surface area (TPSA) is 67.9 Å². The highest BCUT2D eigenvalue weighted by Gasteiger charge is 2.22. The Hall–Kier alpha value is -2.08. The van der Waals surface area contributed by atoms with Crippen molar-refractivity contribution in [3.8, 4) is 11.5 Å². The number of amides is 1. The first-order chi connectivity index (χ1) is 13.0. The standard InChI is InChI=1S/C21H30N2O4/c1-15(2)23-10-8-17(9-11-23)22-21(25)7-5-18(24)16-4-6-19-20(14-16)27-13-3-12-26-19/h4,6,14-15,17H,3,5,7-13H2,1-2H3,(H,22,25). The van der Waals surface area contributed by atoms with Crippen LogP contribution < -0.4 is 14.8 Å². The molecule has 2 aliphatic heterocycles. The van der Waals surface area contributed by atoms with Crippen LogP contribution in [0.15, 0.2) is 18.2 Å². The van der Waals surface area contributed by atoms with E-state index < -0.39 is 0 Å². The fourth-order valence-corrected chi connectivity index (χ4v) is 3.57. The van der Waals surface area contributed by atoms with Gasteiger partial charge in [0.15, 0.2) is 17.3 Å². The fraction of sp³-hybridized carbons (Fsp3) is 0.619. The molecule has 1 N–H and O–H groups in total. The third-order valence-corrected chi connectivity index (χ3v) is 5.27. The minimum atomic E-state index is -0.0459. The lowest BCUT2D eigenvalue weighted by atomic mass is 10.0. The van der Waals surface area contributed by atoms with Crippen molar-refractivity contribution >= 4 is 11.7 Å². The van der Waals surface area contributed by atoms with Crippen molar-refractivity contribution in [2.24, 2.45) is 0 Å². The van der Waals surface area contributed by atoms with E-state index in [-0.39, 0.29) is 30.6 Å². The van der Waals surface area contributed by atoms with Crippen LogP contribution in [-0.2, 0) is 4.79 Å². The quantitative estimate of drug-likeness (QED) is 0.776. The first-order valence-electron chi connectivity index (χ1n) is 9.99. The Labute approximate surface area is 161 Å². The molecule has 1 aromatic carbocycles. The number of piperidine rings is 1. The van der Waals surface area contributed by atoms with E-state index in [9.17, 15) is 9.59 Å². The highest BCUT2D eigenvalue weighted by Crippen LogP contribution is 2.30. The highest BCUT2D eigenvalue weighted by atomic mass is 16.5. The van der Waals surface area contributed by atoms with Crippen LogP contribution in [0.4, 0.5) is 0 Å². The van der Waals surface area contributed by atoms with Crippen LogP contribution in [0.3, 0.4) is 0 Å². The number of ketones is 1. The first kappa shape index (κ1) is 19.7. The number of likely N-dealkylation sites (tertiary alicyclic amines) is 1. The first-order valence-corrected chi connectivity index (χ1v) is 9.99. The number of fused-ring (bicyclic) bond motifs is 1. The second kappa shape index (κ2) is 9.22. The zero-order valence-corrected chi connectivity index (χ0v) is 16.3. The van der Waals surface area contributed by atoms with E-state index in [1.165, 1.54) is 0 Å². The van der Waals surface area contributed by atoms with Gasteiger partial charge < -0.3 is 19.7 Å². The summed E-state index contributed by atoms with van der Waals surface area (Å²) in [6.07, 6.45) is 3.20. The van der Waals surface area contributed by atoms with Crippen LogP contribution in [0, 0.1) is 0 Å². The summed E-state index contributed by atoms with van der Waals surface area (Å²) in [6.45, 7) is 7.63. The molecule has 27 heavy (non-hydrogen) atoms. The number of hydrogen-bond donors (Lipinski definition) is 1. The lowest BCUT2D eigenvalue weighted by Crippen LogP contribution is -2.46. The SMILES string of the molecule is CC(C)N1CCC(NC(=O)CCC(=O)c2ccc3c(c2)OCCCO3)CC1. The Bertz CT molecular complexity index is 666. The van der Waals surface area contributed by atoms with Crippen molar-refractivity contribution in [2.75, 3.05) is 26.3 Å². The summed E-state index contributed by atoms with van der Waals surface area (Å²) < 4.78 is 11.2. The number of rotatable bonds is 6. The maximum Gasteiger partial charge on any atom is 0.220 e. The molecule has 2 aliphatic rings. The van der Waals surface area contributed by atoms with Gasteiger partial charge in [0, 0.05) is 50.0 Å². The molecule has 1 aromatic rings. The molecule has 0 unspecified atom stereocenters. The van der Waals surface area contributed by atoms with Gasteiger partial charge in [-0.1, -0.05) is 0 Å². The van der Waals surface area contributed by atoms with Crippen molar-refractivity contribution in [3.05, 3.63) is 23.8 Å². The van der Waals surface area contributed by atoms with E-state index in [1.807, 2.05) is 0 Å². The van der Waals surface area contributed by atoms with Gasteiger partial charge in [0.1, 0.15) is 0 Å². The van der Waals surface area contributed by atoms with Crippen LogP contribution in [0.1, 0.15) is 56.3 Å². The number of carbonyl (C=O) groups is 2. The highest BCUT2D eigenvalue weighted by molar-refractivity contribution is 5.98. The molecule has 3 rings (SSSR count). The summed E-state index contributed by atoms with van der Waals surface area (Å²) in [5.74, 6) is 1.20. The maximum atomic E-state index is 12.4. The van der Waals surface area contributed by atoms with E-state index in [4.69, 9.17) is 9.47 Å². The molecule has 1 amide bonds. The average Bonchev–Trinajstić information content (AvgIpc) is 2.91. The summed E-state index contributed by atoms with van der Waals surface area (Å²) in [6, 6.07) is 6.02. The van der Waals surface area contributed by atoms with Crippen LogP contribution in [-0.4, -0.2) is 55.0 Å².